The van der Waals surface area contributed by atoms with Crippen molar-refractivity contribution in [3.63, 3.8) is 0 Å². The lowest BCUT2D eigenvalue weighted by Gasteiger charge is -2.15. The van der Waals surface area contributed by atoms with Gasteiger partial charge in [0.15, 0.2) is 5.69 Å². The van der Waals surface area contributed by atoms with Gasteiger partial charge < -0.3 is 10.1 Å². The third-order valence-corrected chi connectivity index (χ3v) is 2.45. The first-order valence-corrected chi connectivity index (χ1v) is 5.38. The molecule has 98 valence electrons. The number of aromatic nitrogens is 1. The molecule has 1 N–H and O–H groups in total. The number of rotatable bonds is 3. The number of nitrogens with one attached hydrogen (secondary N) is 1. The van der Waals surface area contributed by atoms with Crippen LogP contribution in [-0.2, 0) is 6.18 Å². The molecule has 1 amide bonds. The van der Waals surface area contributed by atoms with Gasteiger partial charge >= 0.3 is 6.18 Å². The fourth-order valence-corrected chi connectivity index (χ4v) is 1.47. The van der Waals surface area contributed by atoms with E-state index >= 15 is 0 Å². The molecule has 0 saturated heterocycles. The molecule has 1 aromatic heterocycles. The number of halogens is 3. The number of pyridine rings is 1. The van der Waals surface area contributed by atoms with Crippen molar-refractivity contribution in [3.05, 3.63) is 23.5 Å². The zero-order valence-corrected chi connectivity index (χ0v) is 9.54. The van der Waals surface area contributed by atoms with Crippen molar-refractivity contribution >= 4 is 5.91 Å². The van der Waals surface area contributed by atoms with E-state index in [2.05, 4.69) is 10.3 Å². The summed E-state index contributed by atoms with van der Waals surface area (Å²) in [4.78, 5) is 14.8. The third kappa shape index (κ3) is 2.55. The predicted octanol–water partition coefficient (Wildman–Crippen LogP) is 2.00. The molecular weight excluding hydrogens is 249 g/mol. The molecule has 0 unspecified atom stereocenters. The zero-order chi connectivity index (χ0) is 13.3. The Balaban J connectivity index is 2.48. The summed E-state index contributed by atoms with van der Waals surface area (Å²) in [6.45, 7) is 0. The molecule has 1 aliphatic carbocycles. The Morgan fingerprint density at radius 1 is 1.50 bits per heavy atom. The van der Waals surface area contributed by atoms with Crippen molar-refractivity contribution in [2.75, 3.05) is 7.05 Å². The van der Waals surface area contributed by atoms with Crippen LogP contribution < -0.4 is 10.1 Å². The molecule has 1 aliphatic rings. The number of alkyl halides is 3. The number of ether oxygens (including phenoxy) is 1. The molecule has 0 atom stereocenters. The monoisotopic (exact) mass is 260 g/mol. The van der Waals surface area contributed by atoms with Crippen molar-refractivity contribution in [1.29, 1.82) is 0 Å². The Morgan fingerprint density at radius 2 is 2.17 bits per heavy atom. The average molecular weight is 260 g/mol. The highest BCUT2D eigenvalue weighted by Gasteiger charge is 2.39. The summed E-state index contributed by atoms with van der Waals surface area (Å²) in [6.07, 6.45) is -2.22. The Morgan fingerprint density at radius 3 is 2.67 bits per heavy atom. The van der Waals surface area contributed by atoms with Crippen molar-refractivity contribution < 1.29 is 22.7 Å². The molecule has 18 heavy (non-hydrogen) atoms. The summed E-state index contributed by atoms with van der Waals surface area (Å²) >= 11 is 0. The van der Waals surface area contributed by atoms with E-state index in [0.717, 1.165) is 19.0 Å². The lowest BCUT2D eigenvalue weighted by molar-refractivity contribution is -0.141. The summed E-state index contributed by atoms with van der Waals surface area (Å²) in [7, 11) is 1.26. The minimum Gasteiger partial charge on any atom is -0.489 e. The maximum atomic E-state index is 12.8. The van der Waals surface area contributed by atoms with Crippen LogP contribution in [0.5, 0.6) is 5.75 Å². The Bertz CT molecular complexity index is 470. The minimum absolute atomic E-state index is 0.0702. The van der Waals surface area contributed by atoms with Gasteiger partial charge in [-0.25, -0.2) is 0 Å². The van der Waals surface area contributed by atoms with E-state index in [1.165, 1.54) is 13.1 Å². The first-order valence-electron chi connectivity index (χ1n) is 5.38. The molecule has 0 aromatic carbocycles. The first-order chi connectivity index (χ1) is 8.43. The van der Waals surface area contributed by atoms with Crippen LogP contribution in [-0.4, -0.2) is 24.0 Å². The molecule has 1 heterocycles. The quantitative estimate of drug-likeness (QED) is 0.904. The second kappa shape index (κ2) is 4.47. The van der Waals surface area contributed by atoms with Crippen LogP contribution in [0.1, 0.15) is 28.9 Å². The highest BCUT2D eigenvalue weighted by atomic mass is 19.4. The standard InChI is InChI=1S/C11H11F3N2O2/c1-15-10(17)8-7(18-6-2-3-6)4-5-16-9(8)11(12,13)14/h4-6H,2-3H2,1H3,(H,15,17). The summed E-state index contributed by atoms with van der Waals surface area (Å²) < 4.78 is 43.7. The van der Waals surface area contributed by atoms with Gasteiger partial charge in [0, 0.05) is 13.2 Å². The van der Waals surface area contributed by atoms with E-state index in [0.29, 0.717) is 0 Å². The predicted molar refractivity (Wildman–Crippen MR) is 56.3 cm³/mol. The van der Waals surface area contributed by atoms with Crippen LogP contribution in [0.4, 0.5) is 13.2 Å². The van der Waals surface area contributed by atoms with Gasteiger partial charge in [-0.15, -0.1) is 0 Å². The number of hydrogen-bond acceptors (Lipinski definition) is 3. The van der Waals surface area contributed by atoms with Crippen LogP contribution in [0.2, 0.25) is 0 Å². The van der Waals surface area contributed by atoms with Gasteiger partial charge in [0.25, 0.3) is 5.91 Å². The van der Waals surface area contributed by atoms with E-state index in [-0.39, 0.29) is 11.9 Å². The van der Waals surface area contributed by atoms with Gasteiger partial charge in [-0.3, -0.25) is 9.78 Å². The largest absolute Gasteiger partial charge is 0.489 e. The molecule has 4 nitrogen and oxygen atoms in total. The van der Waals surface area contributed by atoms with E-state index in [1.54, 1.807) is 0 Å². The Hall–Kier alpha value is -1.79. The number of carbonyl (C=O) groups is 1. The fourth-order valence-electron chi connectivity index (χ4n) is 1.47. The molecule has 2 rings (SSSR count). The Kier molecular flexibility index (Phi) is 3.14. The first kappa shape index (κ1) is 12.7. The molecule has 0 bridgehead atoms. The van der Waals surface area contributed by atoms with Crippen molar-refractivity contribution in [3.8, 4) is 5.75 Å². The van der Waals surface area contributed by atoms with Crippen LogP contribution in [0.3, 0.4) is 0 Å². The zero-order valence-electron chi connectivity index (χ0n) is 9.54. The topological polar surface area (TPSA) is 51.2 Å². The van der Waals surface area contributed by atoms with Gasteiger partial charge in [0.2, 0.25) is 0 Å². The van der Waals surface area contributed by atoms with Crippen LogP contribution in [0.15, 0.2) is 12.3 Å². The molecule has 7 heteroatoms. The number of hydrogen-bond donors (Lipinski definition) is 1. The molecule has 0 radical (unpaired) electrons. The Labute approximate surface area is 101 Å². The minimum atomic E-state index is -4.69. The normalized spacial score (nSPS) is 15.3. The molecule has 1 saturated carbocycles. The van der Waals surface area contributed by atoms with Crippen molar-refractivity contribution in [2.45, 2.75) is 25.1 Å². The third-order valence-electron chi connectivity index (χ3n) is 2.45. The lowest BCUT2D eigenvalue weighted by atomic mass is 10.1. The number of carbonyl (C=O) groups excluding carboxylic acids is 1. The molecule has 1 fully saturated rings. The number of nitrogens with zero attached hydrogens (tertiary/aromatic N) is 1. The average Bonchev–Trinajstić information content (AvgIpc) is 3.10. The van der Waals surface area contributed by atoms with Gasteiger partial charge in [0.05, 0.1) is 6.10 Å². The van der Waals surface area contributed by atoms with E-state index in [1.807, 2.05) is 0 Å². The summed E-state index contributed by atoms with van der Waals surface area (Å²) in [5.74, 6) is -0.926. The number of amides is 1. The van der Waals surface area contributed by atoms with Gasteiger partial charge in [-0.2, -0.15) is 13.2 Å². The molecule has 0 spiro atoms. The van der Waals surface area contributed by atoms with Gasteiger partial charge in [-0.05, 0) is 18.9 Å². The molecular formula is C11H11F3N2O2. The fraction of sp³-hybridized carbons (Fsp3) is 0.455. The summed E-state index contributed by atoms with van der Waals surface area (Å²) in [5, 5.41) is 2.17. The van der Waals surface area contributed by atoms with Crippen molar-refractivity contribution in [2.24, 2.45) is 0 Å². The van der Waals surface area contributed by atoms with Crippen LogP contribution in [0.25, 0.3) is 0 Å². The smallest absolute Gasteiger partial charge is 0.434 e. The SMILES string of the molecule is CNC(=O)c1c(OC2CC2)ccnc1C(F)(F)F. The van der Waals surface area contributed by atoms with Gasteiger partial charge in [0.1, 0.15) is 11.3 Å². The van der Waals surface area contributed by atoms with E-state index in [4.69, 9.17) is 4.74 Å². The summed E-state index contributed by atoms with van der Waals surface area (Å²) in [6, 6.07) is 1.28. The maximum absolute atomic E-state index is 12.8. The molecule has 0 aliphatic heterocycles. The highest BCUT2D eigenvalue weighted by Crippen LogP contribution is 2.36. The van der Waals surface area contributed by atoms with E-state index < -0.39 is 23.3 Å². The second-order valence-corrected chi connectivity index (χ2v) is 3.93. The lowest BCUT2D eigenvalue weighted by Crippen LogP contribution is -2.25. The second-order valence-electron chi connectivity index (χ2n) is 3.93. The van der Waals surface area contributed by atoms with Gasteiger partial charge in [-0.1, -0.05) is 0 Å². The molecule has 1 aromatic rings. The summed E-state index contributed by atoms with van der Waals surface area (Å²) in [5.41, 5.74) is -1.78. The maximum Gasteiger partial charge on any atom is 0.434 e. The van der Waals surface area contributed by atoms with E-state index in [9.17, 15) is 18.0 Å². The van der Waals surface area contributed by atoms with Crippen LogP contribution >= 0.6 is 0 Å². The highest BCUT2D eigenvalue weighted by molar-refractivity contribution is 5.98. The van der Waals surface area contributed by atoms with Crippen LogP contribution in [0, 0.1) is 0 Å². The van der Waals surface area contributed by atoms with Crippen molar-refractivity contribution in [1.82, 2.24) is 10.3 Å².